The van der Waals surface area contributed by atoms with Crippen LogP contribution in [0.3, 0.4) is 0 Å². The highest BCUT2D eigenvalue weighted by atomic mass is 32.1. The molecular weight excluding hydrogens is 386 g/mol. The molecule has 7 rings (SSSR count). The zero-order valence-corrected chi connectivity index (χ0v) is 17.4. The van der Waals surface area contributed by atoms with Crippen LogP contribution in [0, 0.1) is 17.8 Å². The van der Waals surface area contributed by atoms with E-state index in [0.717, 1.165) is 38.6 Å². The lowest BCUT2D eigenvalue weighted by atomic mass is 9.52. The lowest BCUT2D eigenvalue weighted by molar-refractivity contribution is -0.150. The van der Waals surface area contributed by atoms with Crippen molar-refractivity contribution in [2.45, 2.75) is 62.9 Å². The molecule has 0 N–H and O–H groups in total. The van der Waals surface area contributed by atoms with Crippen LogP contribution < -0.4 is 0 Å². The smallest absolute Gasteiger partial charge is 0.278 e. The first-order valence-electron chi connectivity index (χ1n) is 11.0. The Kier molecular flexibility index (Phi) is 3.98. The molecule has 2 aliphatic heterocycles. The minimum atomic E-state index is -0.623. The SMILES string of the molecule is O=C1C(=O)N(C23CC4CC(CC(C4)C2)C3)C(=O)N1CN1CCC[C@H]1c1cccs1. The van der Waals surface area contributed by atoms with Crippen LogP contribution in [-0.4, -0.2) is 51.3 Å². The summed E-state index contributed by atoms with van der Waals surface area (Å²) in [5.74, 6) is 0.653. The molecule has 0 spiro atoms. The average Bonchev–Trinajstić information content (AvgIpc) is 3.38. The van der Waals surface area contributed by atoms with Crippen LogP contribution in [0.15, 0.2) is 17.5 Å². The van der Waals surface area contributed by atoms with Gasteiger partial charge in [0.15, 0.2) is 0 Å². The molecule has 4 saturated carbocycles. The van der Waals surface area contributed by atoms with E-state index in [1.807, 2.05) is 6.07 Å². The third-order valence-corrected chi connectivity index (χ3v) is 9.07. The number of carbonyl (C=O) groups is 3. The highest BCUT2D eigenvalue weighted by Crippen LogP contribution is 2.58. The first-order chi connectivity index (χ1) is 14.0. The van der Waals surface area contributed by atoms with Gasteiger partial charge in [0.1, 0.15) is 0 Å². The monoisotopic (exact) mass is 413 g/mol. The summed E-state index contributed by atoms with van der Waals surface area (Å²) >= 11 is 1.72. The van der Waals surface area contributed by atoms with Gasteiger partial charge in [-0.3, -0.25) is 14.5 Å². The summed E-state index contributed by atoms with van der Waals surface area (Å²) < 4.78 is 0. The standard InChI is InChI=1S/C22H27N3O3S/c26-19-20(27)25(22-10-14-7-15(11-22)9-16(8-14)12-22)21(28)24(19)13-23-5-1-3-17(23)18-4-2-6-29-18/h2,4,6,14-17H,1,3,5,7-13H2/t14?,15?,16?,17-,22?/m0/s1. The molecule has 1 aromatic rings. The van der Waals surface area contributed by atoms with Gasteiger partial charge in [0, 0.05) is 17.5 Å². The number of hydrogen-bond donors (Lipinski definition) is 0. The molecule has 4 amide bonds. The number of urea groups is 1. The summed E-state index contributed by atoms with van der Waals surface area (Å²) in [4.78, 5) is 45.4. The Morgan fingerprint density at radius 2 is 1.69 bits per heavy atom. The summed E-state index contributed by atoms with van der Waals surface area (Å²) in [6, 6.07) is 4.04. The second kappa shape index (κ2) is 6.38. The third kappa shape index (κ3) is 2.66. The van der Waals surface area contributed by atoms with Crippen molar-refractivity contribution in [2.75, 3.05) is 13.2 Å². The van der Waals surface area contributed by atoms with Gasteiger partial charge in [0.2, 0.25) is 0 Å². The molecule has 4 bridgehead atoms. The maximum Gasteiger partial charge on any atom is 0.335 e. The van der Waals surface area contributed by atoms with Crippen molar-refractivity contribution in [1.29, 1.82) is 0 Å². The molecule has 0 radical (unpaired) electrons. The van der Waals surface area contributed by atoms with Crippen molar-refractivity contribution in [3.05, 3.63) is 22.4 Å². The number of imide groups is 2. The van der Waals surface area contributed by atoms with E-state index in [1.54, 1.807) is 11.3 Å². The maximum atomic E-state index is 13.4. The number of likely N-dealkylation sites (tertiary alicyclic amines) is 1. The van der Waals surface area contributed by atoms with E-state index in [0.29, 0.717) is 17.8 Å². The van der Waals surface area contributed by atoms with E-state index in [4.69, 9.17) is 0 Å². The van der Waals surface area contributed by atoms with Crippen LogP contribution in [0.4, 0.5) is 4.79 Å². The number of carbonyl (C=O) groups excluding carboxylic acids is 3. The van der Waals surface area contributed by atoms with Crippen molar-refractivity contribution in [3.8, 4) is 0 Å². The zero-order valence-electron chi connectivity index (χ0n) is 16.6. The predicted octanol–water partition coefficient (Wildman–Crippen LogP) is 3.60. The Labute approximate surface area is 174 Å². The largest absolute Gasteiger partial charge is 0.335 e. The van der Waals surface area contributed by atoms with Crippen molar-refractivity contribution in [2.24, 2.45) is 17.8 Å². The van der Waals surface area contributed by atoms with Gasteiger partial charge in [-0.05, 0) is 80.6 Å². The lowest BCUT2D eigenvalue weighted by Gasteiger charge is -2.58. The summed E-state index contributed by atoms with van der Waals surface area (Å²) in [6.07, 6.45) is 8.50. The summed E-state index contributed by atoms with van der Waals surface area (Å²) in [5.41, 5.74) is -0.397. The van der Waals surface area contributed by atoms with E-state index < -0.39 is 17.4 Å². The Morgan fingerprint density at radius 3 is 2.31 bits per heavy atom. The van der Waals surface area contributed by atoms with E-state index in [2.05, 4.69) is 16.3 Å². The number of hydrogen-bond acceptors (Lipinski definition) is 5. The van der Waals surface area contributed by atoms with E-state index in [1.165, 1.54) is 33.9 Å². The molecule has 1 aromatic heterocycles. The lowest BCUT2D eigenvalue weighted by Crippen LogP contribution is -2.62. The van der Waals surface area contributed by atoms with Gasteiger partial charge in [-0.1, -0.05) is 6.07 Å². The van der Waals surface area contributed by atoms with Crippen molar-refractivity contribution >= 4 is 29.2 Å². The summed E-state index contributed by atoms with van der Waals surface area (Å²) in [7, 11) is 0. The minimum Gasteiger partial charge on any atom is -0.278 e. The van der Waals surface area contributed by atoms with E-state index in [-0.39, 0.29) is 18.7 Å². The van der Waals surface area contributed by atoms with Crippen LogP contribution in [-0.2, 0) is 9.59 Å². The fourth-order valence-corrected chi connectivity index (χ4v) is 8.26. The number of thiophene rings is 1. The molecule has 29 heavy (non-hydrogen) atoms. The molecule has 4 aliphatic carbocycles. The first kappa shape index (κ1) is 18.1. The summed E-state index contributed by atoms with van der Waals surface area (Å²) in [5, 5.41) is 2.07. The van der Waals surface area contributed by atoms with Crippen LogP contribution in [0.2, 0.25) is 0 Å². The zero-order chi connectivity index (χ0) is 19.8. The third-order valence-electron chi connectivity index (χ3n) is 8.09. The maximum absolute atomic E-state index is 13.4. The van der Waals surface area contributed by atoms with Crippen molar-refractivity contribution in [3.63, 3.8) is 0 Å². The number of amides is 4. The van der Waals surface area contributed by atoms with Crippen LogP contribution in [0.1, 0.15) is 62.3 Å². The Balaban J connectivity index is 1.25. The molecule has 6 aliphatic rings. The van der Waals surface area contributed by atoms with Crippen LogP contribution in [0.25, 0.3) is 0 Å². The Bertz CT molecular complexity index is 831. The molecule has 0 aromatic carbocycles. The van der Waals surface area contributed by atoms with Gasteiger partial charge in [0.25, 0.3) is 0 Å². The summed E-state index contributed by atoms with van der Waals surface area (Å²) in [6.45, 7) is 1.08. The molecule has 2 saturated heterocycles. The number of rotatable bonds is 4. The molecule has 7 heteroatoms. The van der Waals surface area contributed by atoms with Gasteiger partial charge in [0.05, 0.1) is 12.2 Å². The second-order valence-electron chi connectivity index (χ2n) is 9.93. The topological polar surface area (TPSA) is 60.9 Å². The molecule has 1 atom stereocenters. The fourth-order valence-electron chi connectivity index (χ4n) is 7.37. The molecule has 0 unspecified atom stereocenters. The van der Waals surface area contributed by atoms with Crippen LogP contribution in [0.5, 0.6) is 0 Å². The van der Waals surface area contributed by atoms with Crippen molar-refractivity contribution < 1.29 is 14.4 Å². The molecule has 6 fully saturated rings. The Morgan fingerprint density at radius 1 is 1.00 bits per heavy atom. The van der Waals surface area contributed by atoms with Crippen molar-refractivity contribution in [1.82, 2.24) is 14.7 Å². The van der Waals surface area contributed by atoms with Gasteiger partial charge >= 0.3 is 17.8 Å². The van der Waals surface area contributed by atoms with Gasteiger partial charge in [-0.15, -0.1) is 11.3 Å². The van der Waals surface area contributed by atoms with E-state index in [9.17, 15) is 14.4 Å². The highest BCUT2D eigenvalue weighted by Gasteiger charge is 2.61. The normalized spacial score (nSPS) is 39.4. The molecule has 6 nitrogen and oxygen atoms in total. The van der Waals surface area contributed by atoms with Gasteiger partial charge in [-0.2, -0.15) is 0 Å². The van der Waals surface area contributed by atoms with E-state index >= 15 is 0 Å². The quantitative estimate of drug-likeness (QED) is 0.559. The fraction of sp³-hybridized carbons (Fsp3) is 0.682. The molecular formula is C22H27N3O3S. The number of nitrogens with zero attached hydrogens (tertiary/aromatic N) is 3. The first-order valence-corrected chi connectivity index (χ1v) is 11.9. The molecule has 3 heterocycles. The Hall–Kier alpha value is -1.73. The minimum absolute atomic E-state index is 0.231. The van der Waals surface area contributed by atoms with Gasteiger partial charge in [-0.25, -0.2) is 14.6 Å². The predicted molar refractivity (Wildman–Crippen MR) is 108 cm³/mol. The molecule has 154 valence electrons. The van der Waals surface area contributed by atoms with Gasteiger partial charge < -0.3 is 0 Å². The second-order valence-corrected chi connectivity index (χ2v) is 10.9. The average molecular weight is 414 g/mol. The van der Waals surface area contributed by atoms with Crippen LogP contribution >= 0.6 is 11.3 Å². The highest BCUT2D eigenvalue weighted by molar-refractivity contribution is 7.10.